The summed E-state index contributed by atoms with van der Waals surface area (Å²) >= 11 is 3.62. The zero-order chi connectivity index (χ0) is 14.1. The summed E-state index contributed by atoms with van der Waals surface area (Å²) in [7, 11) is 1.98. The predicted molar refractivity (Wildman–Crippen MR) is 86.3 cm³/mol. The molecular formula is C16H16FNS2. The Morgan fingerprint density at radius 3 is 2.75 bits per heavy atom. The van der Waals surface area contributed by atoms with Crippen LogP contribution in [0.1, 0.15) is 22.0 Å². The summed E-state index contributed by atoms with van der Waals surface area (Å²) in [4.78, 5) is 1.35. The lowest BCUT2D eigenvalue weighted by molar-refractivity contribution is 0.596. The maximum absolute atomic E-state index is 13.2. The molecule has 3 aromatic rings. The number of halogens is 1. The van der Waals surface area contributed by atoms with Crippen LogP contribution in [0.4, 0.5) is 4.39 Å². The van der Waals surface area contributed by atoms with Gasteiger partial charge in [-0.05, 0) is 61.2 Å². The first kappa shape index (κ1) is 13.7. The molecule has 0 saturated heterocycles. The molecule has 1 N–H and O–H groups in total. The number of benzene rings is 1. The number of hydrogen-bond donors (Lipinski definition) is 1. The first-order chi connectivity index (χ1) is 9.67. The summed E-state index contributed by atoms with van der Waals surface area (Å²) in [6, 6.07) is 9.76. The molecule has 2 aromatic heterocycles. The molecule has 0 amide bonds. The first-order valence-electron chi connectivity index (χ1n) is 6.56. The van der Waals surface area contributed by atoms with E-state index in [1.165, 1.54) is 19.8 Å². The van der Waals surface area contributed by atoms with Crippen LogP contribution in [0.15, 0.2) is 35.7 Å². The molecule has 20 heavy (non-hydrogen) atoms. The van der Waals surface area contributed by atoms with Crippen LogP contribution in [0.25, 0.3) is 9.40 Å². The number of thiophene rings is 2. The highest BCUT2D eigenvalue weighted by Gasteiger charge is 2.15. The van der Waals surface area contributed by atoms with E-state index >= 15 is 0 Å². The fourth-order valence-electron chi connectivity index (χ4n) is 2.41. The first-order valence-corrected chi connectivity index (χ1v) is 8.26. The van der Waals surface area contributed by atoms with Gasteiger partial charge in [-0.25, -0.2) is 4.39 Å². The molecule has 0 aliphatic heterocycles. The molecule has 0 fully saturated rings. The summed E-state index contributed by atoms with van der Waals surface area (Å²) in [6.07, 6.45) is 0.885. The molecule has 0 aliphatic carbocycles. The van der Waals surface area contributed by atoms with Crippen molar-refractivity contribution in [2.75, 3.05) is 7.05 Å². The van der Waals surface area contributed by atoms with E-state index in [0.29, 0.717) is 0 Å². The minimum absolute atomic E-state index is 0.163. The zero-order valence-corrected chi connectivity index (χ0v) is 13.1. The Morgan fingerprint density at radius 1 is 1.20 bits per heavy atom. The van der Waals surface area contributed by atoms with E-state index < -0.39 is 0 Å². The number of hydrogen-bond acceptors (Lipinski definition) is 3. The minimum Gasteiger partial charge on any atom is -0.312 e. The Kier molecular flexibility index (Phi) is 3.87. The van der Waals surface area contributed by atoms with Gasteiger partial charge in [-0.3, -0.25) is 0 Å². The van der Waals surface area contributed by atoms with Crippen molar-refractivity contribution in [2.45, 2.75) is 19.4 Å². The molecule has 0 spiro atoms. The van der Waals surface area contributed by atoms with E-state index in [4.69, 9.17) is 0 Å². The molecule has 1 unspecified atom stereocenters. The van der Waals surface area contributed by atoms with E-state index in [2.05, 4.69) is 22.8 Å². The molecule has 1 nitrogen and oxygen atoms in total. The maximum atomic E-state index is 13.2. The molecule has 1 aromatic carbocycles. The number of rotatable bonds is 4. The van der Waals surface area contributed by atoms with Crippen LogP contribution in [0.3, 0.4) is 0 Å². The summed E-state index contributed by atoms with van der Waals surface area (Å²) in [5.74, 6) is -0.163. The van der Waals surface area contributed by atoms with E-state index in [1.807, 2.05) is 31.4 Å². The van der Waals surface area contributed by atoms with Crippen molar-refractivity contribution in [3.05, 3.63) is 57.5 Å². The molecule has 3 rings (SSSR count). The van der Waals surface area contributed by atoms with Gasteiger partial charge in [0.25, 0.3) is 0 Å². The van der Waals surface area contributed by atoms with Crippen LogP contribution in [-0.2, 0) is 6.42 Å². The highest BCUT2D eigenvalue weighted by Crippen LogP contribution is 2.34. The summed E-state index contributed by atoms with van der Waals surface area (Å²) in [5, 5.41) is 5.51. The summed E-state index contributed by atoms with van der Waals surface area (Å²) in [5.41, 5.74) is 2.21. The van der Waals surface area contributed by atoms with Crippen LogP contribution in [0.2, 0.25) is 0 Å². The normalized spacial score (nSPS) is 12.9. The van der Waals surface area contributed by atoms with Gasteiger partial charge in [0.05, 0.1) is 0 Å². The van der Waals surface area contributed by atoms with E-state index in [9.17, 15) is 4.39 Å². The predicted octanol–water partition coefficient (Wildman–Crippen LogP) is 4.91. The SMILES string of the molecule is CNC(Cc1ccc(F)cc1C)c1cc2sccc2s1. The van der Waals surface area contributed by atoms with Crippen molar-refractivity contribution in [1.82, 2.24) is 5.32 Å². The molecule has 4 heteroatoms. The standard InChI is InChI=1S/C16H16FNS2/c1-10-7-12(17)4-3-11(10)8-13(18-2)15-9-16-14(20-15)5-6-19-16/h3-7,9,13,18H,8H2,1-2H3. The third-order valence-corrected chi connectivity index (χ3v) is 5.79. The lowest BCUT2D eigenvalue weighted by Crippen LogP contribution is -2.18. The molecule has 0 bridgehead atoms. The van der Waals surface area contributed by atoms with Gasteiger partial charge in [0.1, 0.15) is 5.82 Å². The Balaban J connectivity index is 1.88. The van der Waals surface area contributed by atoms with Crippen molar-refractivity contribution in [3.63, 3.8) is 0 Å². The van der Waals surface area contributed by atoms with Crippen molar-refractivity contribution in [3.8, 4) is 0 Å². The molecule has 0 radical (unpaired) electrons. The van der Waals surface area contributed by atoms with Gasteiger partial charge < -0.3 is 5.32 Å². The maximum Gasteiger partial charge on any atom is 0.123 e. The van der Waals surface area contributed by atoms with Gasteiger partial charge >= 0.3 is 0 Å². The van der Waals surface area contributed by atoms with Crippen molar-refractivity contribution < 1.29 is 4.39 Å². The molecule has 2 heterocycles. The van der Waals surface area contributed by atoms with Crippen LogP contribution in [-0.4, -0.2) is 7.05 Å². The summed E-state index contributed by atoms with van der Waals surface area (Å²) in [6.45, 7) is 1.97. The van der Waals surface area contributed by atoms with Crippen LogP contribution >= 0.6 is 22.7 Å². The van der Waals surface area contributed by atoms with Crippen LogP contribution < -0.4 is 5.32 Å². The molecule has 0 saturated carbocycles. The number of likely N-dealkylation sites (N-methyl/N-ethyl adjacent to an activating group) is 1. The topological polar surface area (TPSA) is 12.0 Å². The van der Waals surface area contributed by atoms with E-state index in [1.54, 1.807) is 23.5 Å². The fourth-order valence-corrected chi connectivity index (χ4v) is 4.64. The van der Waals surface area contributed by atoms with Gasteiger partial charge in [-0.1, -0.05) is 6.07 Å². The highest BCUT2D eigenvalue weighted by atomic mass is 32.1. The van der Waals surface area contributed by atoms with Crippen molar-refractivity contribution in [2.24, 2.45) is 0 Å². The van der Waals surface area contributed by atoms with Crippen LogP contribution in [0, 0.1) is 12.7 Å². The Morgan fingerprint density at radius 2 is 2.05 bits per heavy atom. The summed E-state index contributed by atoms with van der Waals surface area (Å²) < 4.78 is 15.9. The number of nitrogens with one attached hydrogen (secondary N) is 1. The second kappa shape index (κ2) is 5.64. The largest absolute Gasteiger partial charge is 0.312 e. The third-order valence-electron chi connectivity index (χ3n) is 3.58. The van der Waals surface area contributed by atoms with Gasteiger partial charge in [0.15, 0.2) is 0 Å². The minimum atomic E-state index is -0.163. The monoisotopic (exact) mass is 305 g/mol. The van der Waals surface area contributed by atoms with Gasteiger partial charge in [-0.2, -0.15) is 0 Å². The van der Waals surface area contributed by atoms with Gasteiger partial charge in [0, 0.05) is 20.3 Å². The van der Waals surface area contributed by atoms with Gasteiger partial charge in [-0.15, -0.1) is 22.7 Å². The second-order valence-electron chi connectivity index (χ2n) is 4.91. The highest BCUT2D eigenvalue weighted by molar-refractivity contribution is 7.26. The van der Waals surface area contributed by atoms with E-state index in [-0.39, 0.29) is 11.9 Å². The second-order valence-corrected chi connectivity index (χ2v) is 6.98. The number of fused-ring (bicyclic) bond motifs is 1. The lowest BCUT2D eigenvalue weighted by atomic mass is 10.00. The third kappa shape index (κ3) is 2.64. The quantitative estimate of drug-likeness (QED) is 0.722. The Labute approximate surface area is 126 Å². The van der Waals surface area contributed by atoms with Crippen LogP contribution in [0.5, 0.6) is 0 Å². The number of aryl methyl sites for hydroxylation is 1. The average Bonchev–Trinajstić information content (AvgIpc) is 2.98. The Hall–Kier alpha value is -1.23. The lowest BCUT2D eigenvalue weighted by Gasteiger charge is -2.16. The van der Waals surface area contributed by atoms with Crippen molar-refractivity contribution in [1.29, 1.82) is 0 Å². The van der Waals surface area contributed by atoms with Gasteiger partial charge in [0.2, 0.25) is 0 Å². The van der Waals surface area contributed by atoms with E-state index in [0.717, 1.165) is 12.0 Å². The molecule has 1 atom stereocenters. The fraction of sp³-hybridized carbons (Fsp3) is 0.250. The smallest absolute Gasteiger partial charge is 0.123 e. The Bertz CT molecular complexity index is 700. The average molecular weight is 305 g/mol. The molecular weight excluding hydrogens is 289 g/mol. The molecule has 104 valence electrons. The molecule has 0 aliphatic rings. The zero-order valence-electron chi connectivity index (χ0n) is 11.4. The van der Waals surface area contributed by atoms with Crippen molar-refractivity contribution >= 4 is 32.1 Å².